The lowest BCUT2D eigenvalue weighted by Gasteiger charge is -2.19. The van der Waals surface area contributed by atoms with E-state index in [4.69, 9.17) is 0 Å². The van der Waals surface area contributed by atoms with Crippen molar-refractivity contribution in [2.75, 3.05) is 10.6 Å². The molecule has 0 radical (unpaired) electrons. The Hall–Kier alpha value is -2.29. The zero-order valence-corrected chi connectivity index (χ0v) is 15.5. The molecule has 0 aliphatic rings. The fourth-order valence-corrected chi connectivity index (χ4v) is 2.91. The Morgan fingerprint density at radius 1 is 0.958 bits per heavy atom. The van der Waals surface area contributed by atoms with E-state index in [0.29, 0.717) is 5.92 Å². The minimum absolute atomic E-state index is 0.0278. The van der Waals surface area contributed by atoms with Crippen molar-refractivity contribution in [3.63, 3.8) is 0 Å². The van der Waals surface area contributed by atoms with E-state index in [1.165, 1.54) is 11.1 Å². The van der Waals surface area contributed by atoms with Gasteiger partial charge in [0.2, 0.25) is 5.91 Å². The topological polar surface area (TPSA) is 41.1 Å². The van der Waals surface area contributed by atoms with E-state index >= 15 is 0 Å². The monoisotopic (exact) mass is 324 g/mol. The van der Waals surface area contributed by atoms with Gasteiger partial charge in [-0.05, 0) is 62.4 Å². The molecule has 2 aromatic rings. The van der Waals surface area contributed by atoms with Crippen molar-refractivity contribution in [3.8, 4) is 0 Å². The Kier molecular flexibility index (Phi) is 5.66. The molecule has 2 N–H and O–H groups in total. The van der Waals surface area contributed by atoms with Gasteiger partial charge in [0.1, 0.15) is 6.04 Å². The van der Waals surface area contributed by atoms with Crippen LogP contribution in [0.2, 0.25) is 0 Å². The van der Waals surface area contributed by atoms with E-state index < -0.39 is 0 Å². The van der Waals surface area contributed by atoms with Gasteiger partial charge < -0.3 is 10.6 Å². The second-order valence-corrected chi connectivity index (χ2v) is 6.91. The maximum atomic E-state index is 12.6. The molecule has 0 saturated carbocycles. The van der Waals surface area contributed by atoms with E-state index in [2.05, 4.69) is 55.7 Å². The second kappa shape index (κ2) is 7.52. The predicted octanol–water partition coefficient (Wildman–Crippen LogP) is 5.17. The van der Waals surface area contributed by atoms with Crippen LogP contribution >= 0.6 is 0 Å². The third kappa shape index (κ3) is 4.38. The quantitative estimate of drug-likeness (QED) is 0.796. The van der Waals surface area contributed by atoms with Gasteiger partial charge in [-0.15, -0.1) is 0 Å². The minimum Gasteiger partial charge on any atom is -0.374 e. The van der Waals surface area contributed by atoms with E-state index in [0.717, 1.165) is 22.5 Å². The minimum atomic E-state index is -0.312. The third-order valence-corrected chi connectivity index (χ3v) is 4.25. The maximum absolute atomic E-state index is 12.6. The van der Waals surface area contributed by atoms with Crippen LogP contribution in [-0.4, -0.2) is 11.9 Å². The fourth-order valence-electron chi connectivity index (χ4n) is 2.91. The van der Waals surface area contributed by atoms with Gasteiger partial charge in [0.05, 0.1) is 0 Å². The summed E-state index contributed by atoms with van der Waals surface area (Å²) in [5.74, 6) is 0.439. The largest absolute Gasteiger partial charge is 0.374 e. The smallest absolute Gasteiger partial charge is 0.246 e. The van der Waals surface area contributed by atoms with E-state index in [9.17, 15) is 4.79 Å². The first-order chi connectivity index (χ1) is 11.3. The summed E-state index contributed by atoms with van der Waals surface area (Å²) in [5.41, 5.74) is 6.54. The number of amides is 1. The summed E-state index contributed by atoms with van der Waals surface area (Å²) >= 11 is 0. The van der Waals surface area contributed by atoms with Crippen LogP contribution in [-0.2, 0) is 4.79 Å². The number of aryl methyl sites for hydroxylation is 3. The van der Waals surface area contributed by atoms with Gasteiger partial charge in [-0.25, -0.2) is 0 Å². The van der Waals surface area contributed by atoms with Gasteiger partial charge in [0.25, 0.3) is 0 Å². The number of nitrogens with one attached hydrogen (secondary N) is 2. The summed E-state index contributed by atoms with van der Waals surface area (Å²) in [7, 11) is 0. The van der Waals surface area contributed by atoms with Crippen LogP contribution in [0.15, 0.2) is 36.4 Å². The first-order valence-electron chi connectivity index (χ1n) is 8.53. The molecule has 0 bridgehead atoms. The van der Waals surface area contributed by atoms with Crippen molar-refractivity contribution in [3.05, 3.63) is 58.7 Å². The molecule has 24 heavy (non-hydrogen) atoms. The van der Waals surface area contributed by atoms with Crippen LogP contribution in [0.5, 0.6) is 0 Å². The van der Waals surface area contributed by atoms with Crippen molar-refractivity contribution in [1.29, 1.82) is 0 Å². The molecule has 0 unspecified atom stereocenters. The molecule has 0 aromatic heterocycles. The molecule has 3 nitrogen and oxygen atoms in total. The van der Waals surface area contributed by atoms with Crippen molar-refractivity contribution in [2.45, 2.75) is 53.5 Å². The number of hydrogen-bond acceptors (Lipinski definition) is 2. The Balaban J connectivity index is 2.09. The highest BCUT2D eigenvalue weighted by Crippen LogP contribution is 2.23. The normalized spacial score (nSPS) is 12.1. The highest BCUT2D eigenvalue weighted by atomic mass is 16.2. The zero-order chi connectivity index (χ0) is 17.9. The average molecular weight is 324 g/mol. The van der Waals surface area contributed by atoms with Crippen LogP contribution in [0, 0.1) is 20.8 Å². The zero-order valence-electron chi connectivity index (χ0n) is 15.5. The Morgan fingerprint density at radius 2 is 1.58 bits per heavy atom. The van der Waals surface area contributed by atoms with E-state index in [-0.39, 0.29) is 11.9 Å². The lowest BCUT2D eigenvalue weighted by atomic mass is 10.0. The van der Waals surface area contributed by atoms with Gasteiger partial charge in [0, 0.05) is 11.4 Å². The van der Waals surface area contributed by atoms with Crippen molar-refractivity contribution >= 4 is 17.3 Å². The number of rotatable bonds is 5. The summed E-state index contributed by atoms with van der Waals surface area (Å²) in [5, 5.41) is 6.36. The Morgan fingerprint density at radius 3 is 2.17 bits per heavy atom. The molecule has 128 valence electrons. The number of anilines is 2. The standard InChI is InChI=1S/C21H28N2O/c1-13(2)18-8-7-9-19(12-18)22-17(6)21(24)23-20-15(4)10-14(3)11-16(20)5/h7-13,17,22H,1-6H3,(H,23,24)/t17-/m1/s1. The van der Waals surface area contributed by atoms with Crippen LogP contribution < -0.4 is 10.6 Å². The summed E-state index contributed by atoms with van der Waals surface area (Å²) in [6, 6.07) is 12.1. The first-order valence-corrected chi connectivity index (χ1v) is 8.53. The fraction of sp³-hybridized carbons (Fsp3) is 0.381. The molecule has 0 fully saturated rings. The first kappa shape index (κ1) is 18.1. The highest BCUT2D eigenvalue weighted by molar-refractivity contribution is 5.97. The molecule has 2 rings (SSSR count). The molecule has 1 amide bonds. The van der Waals surface area contributed by atoms with Gasteiger partial charge >= 0.3 is 0 Å². The van der Waals surface area contributed by atoms with Crippen molar-refractivity contribution in [1.82, 2.24) is 0 Å². The van der Waals surface area contributed by atoms with Crippen LogP contribution in [0.4, 0.5) is 11.4 Å². The number of hydrogen-bond donors (Lipinski definition) is 2. The molecular weight excluding hydrogens is 296 g/mol. The molecule has 1 atom stereocenters. The lowest BCUT2D eigenvalue weighted by molar-refractivity contribution is -0.116. The van der Waals surface area contributed by atoms with Crippen LogP contribution in [0.3, 0.4) is 0 Å². The van der Waals surface area contributed by atoms with Gasteiger partial charge in [0.15, 0.2) is 0 Å². The van der Waals surface area contributed by atoms with Crippen LogP contribution in [0.25, 0.3) is 0 Å². The van der Waals surface area contributed by atoms with Gasteiger partial charge in [-0.2, -0.15) is 0 Å². The van der Waals surface area contributed by atoms with E-state index in [1.807, 2.05) is 32.9 Å². The summed E-state index contributed by atoms with van der Waals surface area (Å²) in [4.78, 5) is 12.6. The molecule has 0 saturated heterocycles. The highest BCUT2D eigenvalue weighted by Gasteiger charge is 2.15. The predicted molar refractivity (Wildman–Crippen MR) is 103 cm³/mol. The molecule has 0 aliphatic carbocycles. The van der Waals surface area contributed by atoms with Crippen molar-refractivity contribution < 1.29 is 4.79 Å². The van der Waals surface area contributed by atoms with Crippen LogP contribution in [0.1, 0.15) is 48.9 Å². The Bertz CT molecular complexity index is 711. The number of carbonyl (C=O) groups excluding carboxylic acids is 1. The molecule has 0 aliphatic heterocycles. The third-order valence-electron chi connectivity index (χ3n) is 4.25. The van der Waals surface area contributed by atoms with E-state index in [1.54, 1.807) is 0 Å². The van der Waals surface area contributed by atoms with Gasteiger partial charge in [-0.1, -0.05) is 43.7 Å². The van der Waals surface area contributed by atoms with Crippen molar-refractivity contribution in [2.24, 2.45) is 0 Å². The van der Waals surface area contributed by atoms with Gasteiger partial charge in [-0.3, -0.25) is 4.79 Å². The SMILES string of the molecule is Cc1cc(C)c(NC(=O)[C@@H](C)Nc2cccc(C(C)C)c2)c(C)c1. The molecule has 3 heteroatoms. The molecule has 2 aromatic carbocycles. The summed E-state index contributed by atoms with van der Waals surface area (Å²) in [6.07, 6.45) is 0. The molecule has 0 heterocycles. The molecule has 0 spiro atoms. The maximum Gasteiger partial charge on any atom is 0.246 e. The summed E-state index contributed by atoms with van der Waals surface area (Å²) in [6.45, 7) is 12.3. The second-order valence-electron chi connectivity index (χ2n) is 6.91. The molecular formula is C21H28N2O. The number of benzene rings is 2. The Labute approximate surface area is 145 Å². The number of carbonyl (C=O) groups is 1. The summed E-state index contributed by atoms with van der Waals surface area (Å²) < 4.78 is 0. The average Bonchev–Trinajstić information content (AvgIpc) is 2.50. The lowest BCUT2D eigenvalue weighted by Crippen LogP contribution is -2.32.